The van der Waals surface area contributed by atoms with Crippen molar-refractivity contribution in [3.8, 4) is 5.75 Å². The number of ether oxygens (including phenoxy) is 1. The second-order valence-electron chi connectivity index (χ2n) is 7.59. The van der Waals surface area contributed by atoms with E-state index in [0.717, 1.165) is 49.4 Å². The van der Waals surface area contributed by atoms with Crippen LogP contribution < -0.4 is 15.0 Å². The van der Waals surface area contributed by atoms with E-state index in [1.54, 1.807) is 0 Å². The predicted molar refractivity (Wildman–Crippen MR) is 122 cm³/mol. The summed E-state index contributed by atoms with van der Waals surface area (Å²) in [7, 11) is 0. The quantitative estimate of drug-likeness (QED) is 0.536. The van der Waals surface area contributed by atoms with Gasteiger partial charge in [-0.1, -0.05) is 48.5 Å². The van der Waals surface area contributed by atoms with E-state index < -0.39 is 0 Å². The van der Waals surface area contributed by atoms with Gasteiger partial charge in [-0.05, 0) is 67.1 Å². The van der Waals surface area contributed by atoms with Crippen LogP contribution in [0.5, 0.6) is 5.75 Å². The summed E-state index contributed by atoms with van der Waals surface area (Å²) in [5, 5.41) is 3.24. The van der Waals surface area contributed by atoms with E-state index in [-0.39, 0.29) is 12.5 Å². The van der Waals surface area contributed by atoms with E-state index in [1.165, 1.54) is 11.1 Å². The number of hydrogen-bond acceptors (Lipinski definition) is 3. The fourth-order valence-corrected chi connectivity index (χ4v) is 3.85. The molecule has 0 saturated carbocycles. The summed E-state index contributed by atoms with van der Waals surface area (Å²) >= 11 is 0. The first-order valence-electron chi connectivity index (χ1n) is 10.7. The molecule has 4 rings (SSSR count). The molecule has 1 aliphatic rings. The van der Waals surface area contributed by atoms with E-state index in [2.05, 4.69) is 35.6 Å². The molecule has 0 spiro atoms. The van der Waals surface area contributed by atoms with Gasteiger partial charge < -0.3 is 15.0 Å². The number of benzene rings is 3. The lowest BCUT2D eigenvalue weighted by molar-refractivity contribution is -0.117. The smallest absolute Gasteiger partial charge is 0.246 e. The van der Waals surface area contributed by atoms with Crippen molar-refractivity contribution in [2.24, 2.45) is 0 Å². The Kier molecular flexibility index (Phi) is 6.65. The molecule has 0 fully saturated rings. The van der Waals surface area contributed by atoms with Gasteiger partial charge in [0.2, 0.25) is 5.91 Å². The lowest BCUT2D eigenvalue weighted by Crippen LogP contribution is -2.39. The Morgan fingerprint density at radius 3 is 2.53 bits per heavy atom. The number of amides is 1. The zero-order chi connectivity index (χ0) is 20.6. The standard InChI is InChI=1S/C26H28N2O2/c29-26(28-18-6-12-22-11-4-5-13-25(22)28)20-27-23-14-16-24(17-15-23)30-19-7-10-21-8-2-1-3-9-21/h1-5,8-9,11,13-17,27H,6-7,10,12,18-20H2. The van der Waals surface area contributed by atoms with E-state index in [0.29, 0.717) is 6.61 Å². The highest BCUT2D eigenvalue weighted by molar-refractivity contribution is 5.97. The minimum absolute atomic E-state index is 0.100. The van der Waals surface area contributed by atoms with Crippen molar-refractivity contribution in [1.82, 2.24) is 0 Å². The van der Waals surface area contributed by atoms with Gasteiger partial charge in [0.15, 0.2) is 0 Å². The number of fused-ring (bicyclic) bond motifs is 1. The van der Waals surface area contributed by atoms with Crippen molar-refractivity contribution >= 4 is 17.3 Å². The molecular weight excluding hydrogens is 372 g/mol. The molecule has 3 aromatic rings. The molecule has 1 heterocycles. The van der Waals surface area contributed by atoms with Crippen LogP contribution >= 0.6 is 0 Å². The third kappa shape index (κ3) is 5.20. The number of para-hydroxylation sites is 1. The molecule has 1 aliphatic heterocycles. The molecule has 0 bridgehead atoms. The van der Waals surface area contributed by atoms with E-state index in [4.69, 9.17) is 4.74 Å². The van der Waals surface area contributed by atoms with Crippen molar-refractivity contribution in [3.05, 3.63) is 90.0 Å². The van der Waals surface area contributed by atoms with Crippen LogP contribution in [0.15, 0.2) is 78.9 Å². The Morgan fingerprint density at radius 1 is 0.933 bits per heavy atom. The van der Waals surface area contributed by atoms with Crippen molar-refractivity contribution < 1.29 is 9.53 Å². The largest absolute Gasteiger partial charge is 0.494 e. The zero-order valence-electron chi connectivity index (χ0n) is 17.2. The van der Waals surface area contributed by atoms with Gasteiger partial charge in [0.25, 0.3) is 0 Å². The maximum atomic E-state index is 12.7. The third-order valence-corrected chi connectivity index (χ3v) is 5.43. The highest BCUT2D eigenvalue weighted by Crippen LogP contribution is 2.26. The Labute approximate surface area is 178 Å². The highest BCUT2D eigenvalue weighted by atomic mass is 16.5. The minimum atomic E-state index is 0.100. The van der Waals surface area contributed by atoms with Gasteiger partial charge in [-0.25, -0.2) is 0 Å². The van der Waals surface area contributed by atoms with Gasteiger partial charge in [-0.15, -0.1) is 0 Å². The maximum absolute atomic E-state index is 12.7. The number of nitrogens with one attached hydrogen (secondary N) is 1. The number of aryl methyl sites for hydroxylation is 2. The van der Waals surface area contributed by atoms with Crippen LogP contribution in [-0.2, 0) is 17.6 Å². The highest BCUT2D eigenvalue weighted by Gasteiger charge is 2.21. The van der Waals surface area contributed by atoms with Crippen LogP contribution in [0.2, 0.25) is 0 Å². The number of hydrogen-bond donors (Lipinski definition) is 1. The normalized spacial score (nSPS) is 12.9. The zero-order valence-corrected chi connectivity index (χ0v) is 17.2. The van der Waals surface area contributed by atoms with E-state index >= 15 is 0 Å². The average Bonchev–Trinajstić information content (AvgIpc) is 2.81. The molecule has 0 aliphatic carbocycles. The van der Waals surface area contributed by atoms with Crippen LogP contribution in [0.4, 0.5) is 11.4 Å². The summed E-state index contributed by atoms with van der Waals surface area (Å²) in [6, 6.07) is 26.5. The van der Waals surface area contributed by atoms with Crippen molar-refractivity contribution in [2.75, 3.05) is 29.9 Å². The fraction of sp³-hybridized carbons (Fsp3) is 0.269. The second kappa shape index (κ2) is 9.97. The number of nitrogens with zero attached hydrogens (tertiary/aromatic N) is 1. The second-order valence-corrected chi connectivity index (χ2v) is 7.59. The van der Waals surface area contributed by atoms with Crippen LogP contribution in [-0.4, -0.2) is 25.6 Å². The number of carbonyl (C=O) groups excluding carboxylic acids is 1. The Hall–Kier alpha value is -3.27. The molecule has 4 heteroatoms. The molecule has 0 radical (unpaired) electrons. The van der Waals surface area contributed by atoms with Crippen molar-refractivity contribution in [3.63, 3.8) is 0 Å². The number of rotatable bonds is 8. The molecule has 0 atom stereocenters. The molecule has 1 amide bonds. The summed E-state index contributed by atoms with van der Waals surface area (Å²) in [5.74, 6) is 0.952. The summed E-state index contributed by atoms with van der Waals surface area (Å²) in [5.41, 5.74) is 4.56. The minimum Gasteiger partial charge on any atom is -0.494 e. The molecule has 1 N–H and O–H groups in total. The molecule has 30 heavy (non-hydrogen) atoms. The SMILES string of the molecule is O=C(CNc1ccc(OCCCc2ccccc2)cc1)N1CCCc2ccccc21. The van der Waals surface area contributed by atoms with Crippen LogP contribution in [0.3, 0.4) is 0 Å². The van der Waals surface area contributed by atoms with Gasteiger partial charge in [0.05, 0.1) is 13.2 Å². The molecule has 0 saturated heterocycles. The van der Waals surface area contributed by atoms with Gasteiger partial charge in [0.1, 0.15) is 5.75 Å². The Bertz CT molecular complexity index is 954. The Morgan fingerprint density at radius 2 is 1.70 bits per heavy atom. The van der Waals surface area contributed by atoms with Crippen LogP contribution in [0.1, 0.15) is 24.0 Å². The van der Waals surface area contributed by atoms with Gasteiger partial charge >= 0.3 is 0 Å². The first kappa shape index (κ1) is 20.0. The van der Waals surface area contributed by atoms with E-state index in [9.17, 15) is 4.79 Å². The first-order valence-corrected chi connectivity index (χ1v) is 10.7. The maximum Gasteiger partial charge on any atom is 0.246 e. The number of carbonyl (C=O) groups is 1. The van der Waals surface area contributed by atoms with E-state index in [1.807, 2.05) is 53.4 Å². The van der Waals surface area contributed by atoms with Crippen LogP contribution in [0.25, 0.3) is 0 Å². The molecule has 3 aromatic carbocycles. The predicted octanol–water partition coefficient (Wildman–Crippen LogP) is 5.09. The lowest BCUT2D eigenvalue weighted by atomic mass is 10.0. The van der Waals surface area contributed by atoms with Gasteiger partial charge in [-0.3, -0.25) is 4.79 Å². The topological polar surface area (TPSA) is 41.6 Å². The summed E-state index contributed by atoms with van der Waals surface area (Å²) in [4.78, 5) is 14.6. The molecule has 0 aromatic heterocycles. The molecule has 154 valence electrons. The van der Waals surface area contributed by atoms with Gasteiger partial charge in [-0.2, -0.15) is 0 Å². The summed E-state index contributed by atoms with van der Waals surface area (Å²) in [6.07, 6.45) is 4.05. The number of anilines is 2. The summed E-state index contributed by atoms with van der Waals surface area (Å²) in [6.45, 7) is 1.76. The lowest BCUT2D eigenvalue weighted by Gasteiger charge is -2.29. The summed E-state index contributed by atoms with van der Waals surface area (Å²) < 4.78 is 5.84. The average molecular weight is 401 g/mol. The Balaban J connectivity index is 1.23. The molecular formula is C26H28N2O2. The third-order valence-electron chi connectivity index (χ3n) is 5.43. The first-order chi connectivity index (χ1) is 14.8. The van der Waals surface area contributed by atoms with Crippen molar-refractivity contribution in [2.45, 2.75) is 25.7 Å². The molecule has 0 unspecified atom stereocenters. The monoisotopic (exact) mass is 400 g/mol. The van der Waals surface area contributed by atoms with Crippen molar-refractivity contribution in [1.29, 1.82) is 0 Å². The fourth-order valence-electron chi connectivity index (χ4n) is 3.85. The molecule has 4 nitrogen and oxygen atoms in total. The van der Waals surface area contributed by atoms with Gasteiger partial charge in [0, 0.05) is 17.9 Å². The van der Waals surface area contributed by atoms with Crippen LogP contribution in [0, 0.1) is 0 Å².